The van der Waals surface area contributed by atoms with Gasteiger partial charge in [0.1, 0.15) is 0 Å². The Morgan fingerprint density at radius 3 is 2.25 bits per heavy atom. The molecule has 2 aromatic carbocycles. The summed E-state index contributed by atoms with van der Waals surface area (Å²) in [6, 6.07) is 13.8. The van der Waals surface area contributed by atoms with Crippen LogP contribution >= 0.6 is 0 Å². The first-order valence-electron chi connectivity index (χ1n) is 10.2. The van der Waals surface area contributed by atoms with Crippen LogP contribution < -0.4 is 0 Å². The minimum atomic E-state index is 0.00840. The number of piperidine rings is 1. The zero-order valence-electron chi connectivity index (χ0n) is 16.6. The molecule has 2 saturated heterocycles. The van der Waals surface area contributed by atoms with E-state index in [2.05, 4.69) is 0 Å². The van der Waals surface area contributed by atoms with Crippen LogP contribution in [0.3, 0.4) is 0 Å². The number of rotatable bonds is 2. The van der Waals surface area contributed by atoms with E-state index in [9.17, 15) is 9.59 Å². The van der Waals surface area contributed by atoms with Crippen LogP contribution in [-0.4, -0.2) is 60.0 Å². The Hall–Kier alpha value is -2.40. The SMILES string of the molecule is CC1CN(C(=O)C2CCN(C(=O)c3cccc4ccccc34)CC2)CC(C)O1. The Morgan fingerprint density at radius 1 is 0.893 bits per heavy atom. The molecule has 0 spiro atoms. The summed E-state index contributed by atoms with van der Waals surface area (Å²) >= 11 is 0. The molecule has 2 aromatic rings. The number of likely N-dealkylation sites (tertiary alicyclic amines) is 1. The number of fused-ring (bicyclic) bond motifs is 1. The number of carbonyl (C=O) groups is 2. The number of morpholine rings is 1. The molecule has 2 amide bonds. The summed E-state index contributed by atoms with van der Waals surface area (Å²) in [6.07, 6.45) is 1.63. The predicted molar refractivity (Wildman–Crippen MR) is 109 cm³/mol. The predicted octanol–water partition coefficient (Wildman–Crippen LogP) is 3.33. The van der Waals surface area contributed by atoms with Crippen LogP contribution in [0.2, 0.25) is 0 Å². The van der Waals surface area contributed by atoms with Gasteiger partial charge in [0.15, 0.2) is 0 Å². The lowest BCUT2D eigenvalue weighted by Crippen LogP contribution is -2.51. The van der Waals surface area contributed by atoms with Gasteiger partial charge in [0.05, 0.1) is 12.2 Å². The average Bonchev–Trinajstić information content (AvgIpc) is 2.71. The highest BCUT2D eigenvalue weighted by Gasteiger charge is 2.33. The molecule has 0 bridgehead atoms. The summed E-state index contributed by atoms with van der Waals surface area (Å²) in [7, 11) is 0. The van der Waals surface area contributed by atoms with Crippen LogP contribution in [0.5, 0.6) is 0 Å². The first kappa shape index (κ1) is 18.9. The van der Waals surface area contributed by atoms with Crippen molar-refractivity contribution in [2.75, 3.05) is 26.2 Å². The standard InChI is InChI=1S/C23H28N2O3/c1-16-14-25(15-17(2)28-16)22(26)19-10-12-24(13-11-19)23(27)21-9-5-7-18-6-3-4-8-20(18)21/h3-9,16-17,19H,10-15H2,1-2H3. The smallest absolute Gasteiger partial charge is 0.254 e. The molecular formula is C23H28N2O3. The molecule has 148 valence electrons. The first-order valence-corrected chi connectivity index (χ1v) is 10.2. The van der Waals surface area contributed by atoms with Gasteiger partial charge < -0.3 is 14.5 Å². The molecule has 5 heteroatoms. The maximum Gasteiger partial charge on any atom is 0.254 e. The Bertz CT molecular complexity index is 858. The molecule has 0 N–H and O–H groups in total. The minimum absolute atomic E-state index is 0.00840. The highest BCUT2D eigenvalue weighted by molar-refractivity contribution is 6.07. The van der Waals surface area contributed by atoms with E-state index in [1.54, 1.807) is 0 Å². The summed E-state index contributed by atoms with van der Waals surface area (Å²) in [5.41, 5.74) is 0.749. The van der Waals surface area contributed by atoms with Gasteiger partial charge in [0, 0.05) is 37.7 Å². The lowest BCUT2D eigenvalue weighted by molar-refractivity contribution is -0.148. The Morgan fingerprint density at radius 2 is 1.54 bits per heavy atom. The van der Waals surface area contributed by atoms with Gasteiger partial charge in [-0.2, -0.15) is 0 Å². The van der Waals surface area contributed by atoms with E-state index in [1.807, 2.05) is 66.1 Å². The Balaban J connectivity index is 1.41. The van der Waals surface area contributed by atoms with Crippen LogP contribution in [0.25, 0.3) is 10.8 Å². The highest BCUT2D eigenvalue weighted by Crippen LogP contribution is 2.25. The van der Waals surface area contributed by atoms with Crippen molar-refractivity contribution in [1.82, 2.24) is 9.80 Å². The minimum Gasteiger partial charge on any atom is -0.372 e. The quantitative estimate of drug-likeness (QED) is 0.803. The van der Waals surface area contributed by atoms with Gasteiger partial charge in [-0.3, -0.25) is 9.59 Å². The molecule has 5 nitrogen and oxygen atoms in total. The van der Waals surface area contributed by atoms with Crippen molar-refractivity contribution in [3.8, 4) is 0 Å². The average molecular weight is 380 g/mol. The fraction of sp³-hybridized carbons (Fsp3) is 0.478. The van der Waals surface area contributed by atoms with Gasteiger partial charge in [0.2, 0.25) is 5.91 Å². The number of hydrogen-bond donors (Lipinski definition) is 0. The largest absolute Gasteiger partial charge is 0.372 e. The van der Waals surface area contributed by atoms with E-state index in [-0.39, 0.29) is 29.9 Å². The van der Waals surface area contributed by atoms with E-state index < -0.39 is 0 Å². The molecule has 2 unspecified atom stereocenters. The van der Waals surface area contributed by atoms with Crippen molar-refractivity contribution < 1.29 is 14.3 Å². The molecule has 2 fully saturated rings. The highest BCUT2D eigenvalue weighted by atomic mass is 16.5. The third-order valence-electron chi connectivity index (χ3n) is 5.88. The summed E-state index contributed by atoms with van der Waals surface area (Å²) in [4.78, 5) is 29.9. The molecule has 0 radical (unpaired) electrons. The van der Waals surface area contributed by atoms with E-state index in [1.165, 1.54) is 0 Å². The molecule has 0 aliphatic carbocycles. The molecular weight excluding hydrogens is 352 g/mol. The Kier molecular flexibility index (Phi) is 5.36. The van der Waals surface area contributed by atoms with E-state index in [4.69, 9.17) is 4.74 Å². The molecule has 2 aliphatic rings. The van der Waals surface area contributed by atoms with Gasteiger partial charge in [-0.25, -0.2) is 0 Å². The number of hydrogen-bond acceptors (Lipinski definition) is 3. The van der Waals surface area contributed by atoms with Gasteiger partial charge in [-0.15, -0.1) is 0 Å². The topological polar surface area (TPSA) is 49.9 Å². The normalized spacial score (nSPS) is 23.8. The zero-order chi connectivity index (χ0) is 19.7. The van der Waals surface area contributed by atoms with E-state index in [0.29, 0.717) is 26.2 Å². The molecule has 28 heavy (non-hydrogen) atoms. The molecule has 4 rings (SSSR count). The molecule has 2 heterocycles. The number of amides is 2. The third-order valence-corrected chi connectivity index (χ3v) is 5.88. The van der Waals surface area contributed by atoms with E-state index in [0.717, 1.165) is 29.2 Å². The second kappa shape index (κ2) is 7.92. The van der Waals surface area contributed by atoms with Crippen LogP contribution in [0.1, 0.15) is 37.0 Å². The lowest BCUT2D eigenvalue weighted by Gasteiger charge is -2.39. The van der Waals surface area contributed by atoms with Crippen LogP contribution in [-0.2, 0) is 9.53 Å². The molecule has 2 atom stereocenters. The number of carbonyl (C=O) groups excluding carboxylic acids is 2. The monoisotopic (exact) mass is 380 g/mol. The van der Waals surface area contributed by atoms with Gasteiger partial charge in [0.25, 0.3) is 5.91 Å². The molecule has 2 aliphatic heterocycles. The zero-order valence-corrected chi connectivity index (χ0v) is 16.6. The lowest BCUT2D eigenvalue weighted by atomic mass is 9.93. The molecule has 0 saturated carbocycles. The van der Waals surface area contributed by atoms with Crippen molar-refractivity contribution in [2.24, 2.45) is 5.92 Å². The maximum atomic E-state index is 13.1. The van der Waals surface area contributed by atoms with Crippen LogP contribution in [0, 0.1) is 5.92 Å². The maximum absolute atomic E-state index is 13.1. The van der Waals surface area contributed by atoms with E-state index >= 15 is 0 Å². The van der Waals surface area contributed by atoms with Crippen molar-refractivity contribution in [3.05, 3.63) is 48.0 Å². The van der Waals surface area contributed by atoms with Crippen molar-refractivity contribution in [2.45, 2.75) is 38.9 Å². The van der Waals surface area contributed by atoms with Crippen molar-refractivity contribution in [3.63, 3.8) is 0 Å². The van der Waals surface area contributed by atoms with Gasteiger partial charge in [-0.05, 0) is 43.5 Å². The first-order chi connectivity index (χ1) is 13.5. The van der Waals surface area contributed by atoms with Gasteiger partial charge >= 0.3 is 0 Å². The van der Waals surface area contributed by atoms with Gasteiger partial charge in [-0.1, -0.05) is 36.4 Å². The molecule has 0 aromatic heterocycles. The second-order valence-corrected chi connectivity index (χ2v) is 8.09. The van der Waals surface area contributed by atoms with Crippen molar-refractivity contribution in [1.29, 1.82) is 0 Å². The second-order valence-electron chi connectivity index (χ2n) is 8.09. The third kappa shape index (κ3) is 3.76. The van der Waals surface area contributed by atoms with Crippen LogP contribution in [0.4, 0.5) is 0 Å². The fourth-order valence-corrected chi connectivity index (χ4v) is 4.53. The summed E-state index contributed by atoms with van der Waals surface area (Å²) < 4.78 is 5.74. The number of benzene rings is 2. The summed E-state index contributed by atoms with van der Waals surface area (Å²) in [5.74, 6) is 0.296. The Labute approximate surface area is 166 Å². The summed E-state index contributed by atoms with van der Waals surface area (Å²) in [5, 5.41) is 2.07. The number of ether oxygens (including phenoxy) is 1. The van der Waals surface area contributed by atoms with Crippen LogP contribution in [0.15, 0.2) is 42.5 Å². The fourth-order valence-electron chi connectivity index (χ4n) is 4.53. The summed E-state index contributed by atoms with van der Waals surface area (Å²) in [6.45, 7) is 6.63. The number of nitrogens with zero attached hydrogens (tertiary/aromatic N) is 2. The van der Waals surface area contributed by atoms with Crippen molar-refractivity contribution >= 4 is 22.6 Å².